The van der Waals surface area contributed by atoms with Gasteiger partial charge < -0.3 is 9.64 Å². The van der Waals surface area contributed by atoms with Crippen LogP contribution in [0.1, 0.15) is 25.7 Å². The van der Waals surface area contributed by atoms with Gasteiger partial charge in [-0.05, 0) is 12.3 Å². The van der Waals surface area contributed by atoms with Crippen molar-refractivity contribution >= 4 is 5.91 Å². The lowest BCUT2D eigenvalue weighted by Crippen LogP contribution is -2.53. The summed E-state index contributed by atoms with van der Waals surface area (Å²) in [6.45, 7) is 1.29. The van der Waals surface area contributed by atoms with E-state index in [1.807, 2.05) is 0 Å². The third kappa shape index (κ3) is 1.92. The molecule has 1 saturated carbocycles. The minimum Gasteiger partial charge on any atom is -0.377 e. The van der Waals surface area contributed by atoms with Crippen molar-refractivity contribution in [3.05, 3.63) is 0 Å². The smallest absolute Gasteiger partial charge is 0.247 e. The van der Waals surface area contributed by atoms with Gasteiger partial charge in [-0.2, -0.15) is 5.26 Å². The Morgan fingerprint density at radius 1 is 1.56 bits per heavy atom. The summed E-state index contributed by atoms with van der Waals surface area (Å²) >= 11 is 0. The molecule has 1 amide bonds. The first-order valence-corrected chi connectivity index (χ1v) is 5.92. The molecule has 2 rings (SSSR count). The topological polar surface area (TPSA) is 53.3 Å². The monoisotopic (exact) mass is 222 g/mol. The molecule has 0 aromatic rings. The summed E-state index contributed by atoms with van der Waals surface area (Å²) in [6, 6.07) is 2.09. The lowest BCUT2D eigenvalue weighted by Gasteiger charge is -2.37. The van der Waals surface area contributed by atoms with E-state index < -0.39 is 5.41 Å². The second-order valence-electron chi connectivity index (χ2n) is 5.00. The molecular formula is C12H18N2O2. The number of ether oxygens (including phenoxy) is 1. The minimum absolute atomic E-state index is 0.0689. The molecule has 1 aliphatic carbocycles. The van der Waals surface area contributed by atoms with Crippen molar-refractivity contribution < 1.29 is 9.53 Å². The molecule has 0 aromatic carbocycles. The molecule has 0 spiro atoms. The van der Waals surface area contributed by atoms with E-state index in [2.05, 4.69) is 6.07 Å². The van der Waals surface area contributed by atoms with Crippen LogP contribution in [0.3, 0.4) is 0 Å². The van der Waals surface area contributed by atoms with Gasteiger partial charge in [-0.25, -0.2) is 0 Å². The van der Waals surface area contributed by atoms with Crippen LogP contribution < -0.4 is 0 Å². The van der Waals surface area contributed by atoms with Crippen LogP contribution in [-0.2, 0) is 9.53 Å². The zero-order valence-electron chi connectivity index (χ0n) is 9.74. The van der Waals surface area contributed by atoms with Crippen LogP contribution in [0.25, 0.3) is 0 Å². The van der Waals surface area contributed by atoms with Crippen molar-refractivity contribution in [1.29, 1.82) is 5.26 Å². The van der Waals surface area contributed by atoms with Gasteiger partial charge >= 0.3 is 0 Å². The van der Waals surface area contributed by atoms with E-state index in [0.29, 0.717) is 0 Å². The highest BCUT2D eigenvalue weighted by atomic mass is 16.5. The first-order valence-electron chi connectivity index (χ1n) is 5.92. The Morgan fingerprint density at radius 3 is 2.62 bits per heavy atom. The molecule has 1 saturated heterocycles. The van der Waals surface area contributed by atoms with Gasteiger partial charge in [-0.3, -0.25) is 4.79 Å². The number of amides is 1. The normalized spacial score (nSPS) is 22.8. The van der Waals surface area contributed by atoms with Gasteiger partial charge in [0.2, 0.25) is 5.91 Å². The number of hydrogen-bond acceptors (Lipinski definition) is 3. The van der Waals surface area contributed by atoms with Crippen LogP contribution in [0.5, 0.6) is 0 Å². The molecule has 88 valence electrons. The third-order valence-electron chi connectivity index (χ3n) is 3.76. The number of carbonyl (C=O) groups excluding carboxylic acids is 1. The molecule has 0 aromatic heterocycles. The van der Waals surface area contributed by atoms with Gasteiger partial charge in [0, 0.05) is 13.6 Å². The lowest BCUT2D eigenvalue weighted by atomic mass is 9.82. The van der Waals surface area contributed by atoms with Crippen molar-refractivity contribution in [2.24, 2.45) is 11.3 Å². The molecule has 1 aliphatic heterocycles. The van der Waals surface area contributed by atoms with Crippen molar-refractivity contribution in [1.82, 2.24) is 4.90 Å². The number of nitrogens with zero attached hydrogens (tertiary/aromatic N) is 2. The SMILES string of the molecule is CN(CCC1CCC1)C(=O)C1(C#N)COC1. The molecule has 0 bridgehead atoms. The van der Waals surface area contributed by atoms with E-state index in [4.69, 9.17) is 10.00 Å². The van der Waals surface area contributed by atoms with E-state index in [0.717, 1.165) is 18.9 Å². The van der Waals surface area contributed by atoms with E-state index in [1.54, 1.807) is 11.9 Å². The Hall–Kier alpha value is -1.08. The number of rotatable bonds is 4. The maximum Gasteiger partial charge on any atom is 0.247 e. The summed E-state index contributed by atoms with van der Waals surface area (Å²) < 4.78 is 4.99. The molecule has 0 unspecified atom stereocenters. The highest BCUT2D eigenvalue weighted by Crippen LogP contribution is 2.31. The average molecular weight is 222 g/mol. The first-order chi connectivity index (χ1) is 7.68. The molecule has 0 atom stereocenters. The highest BCUT2D eigenvalue weighted by Gasteiger charge is 2.48. The summed E-state index contributed by atoms with van der Waals surface area (Å²) in [7, 11) is 1.79. The van der Waals surface area contributed by atoms with E-state index in [1.165, 1.54) is 19.3 Å². The fourth-order valence-corrected chi connectivity index (χ4v) is 2.17. The second kappa shape index (κ2) is 4.42. The molecule has 16 heavy (non-hydrogen) atoms. The summed E-state index contributed by atoms with van der Waals surface area (Å²) in [5, 5.41) is 9.01. The zero-order valence-corrected chi connectivity index (χ0v) is 9.74. The largest absolute Gasteiger partial charge is 0.377 e. The lowest BCUT2D eigenvalue weighted by molar-refractivity contribution is -0.160. The van der Waals surface area contributed by atoms with Crippen LogP contribution in [0.2, 0.25) is 0 Å². The van der Waals surface area contributed by atoms with Gasteiger partial charge in [0.15, 0.2) is 5.41 Å². The maximum atomic E-state index is 12.0. The number of nitriles is 1. The fraction of sp³-hybridized carbons (Fsp3) is 0.833. The third-order valence-corrected chi connectivity index (χ3v) is 3.76. The molecule has 0 N–H and O–H groups in total. The number of carbonyl (C=O) groups is 1. The zero-order chi connectivity index (χ0) is 11.6. The molecule has 1 heterocycles. The summed E-state index contributed by atoms with van der Waals surface area (Å²) in [5.41, 5.74) is -0.881. The van der Waals surface area contributed by atoms with Crippen molar-refractivity contribution in [2.75, 3.05) is 26.8 Å². The Kier molecular flexibility index (Phi) is 3.15. The summed E-state index contributed by atoms with van der Waals surface area (Å²) in [6.07, 6.45) is 5.01. The fourth-order valence-electron chi connectivity index (χ4n) is 2.17. The molecule has 4 heteroatoms. The van der Waals surface area contributed by atoms with Crippen LogP contribution in [0, 0.1) is 22.7 Å². The average Bonchev–Trinajstić information content (AvgIpc) is 2.14. The van der Waals surface area contributed by atoms with Crippen LogP contribution in [0.4, 0.5) is 0 Å². The van der Waals surface area contributed by atoms with Crippen LogP contribution >= 0.6 is 0 Å². The van der Waals surface area contributed by atoms with Crippen molar-refractivity contribution in [3.63, 3.8) is 0 Å². The Morgan fingerprint density at radius 2 is 2.25 bits per heavy atom. The molecule has 2 aliphatic rings. The van der Waals surface area contributed by atoms with Gasteiger partial charge in [0.25, 0.3) is 0 Å². The molecular weight excluding hydrogens is 204 g/mol. The molecule has 2 fully saturated rings. The quantitative estimate of drug-likeness (QED) is 0.717. The predicted molar refractivity (Wildman–Crippen MR) is 58.5 cm³/mol. The van der Waals surface area contributed by atoms with Crippen molar-refractivity contribution in [2.45, 2.75) is 25.7 Å². The minimum atomic E-state index is -0.881. The van der Waals surface area contributed by atoms with E-state index in [9.17, 15) is 4.79 Å². The standard InChI is InChI=1S/C12H18N2O2/c1-14(6-5-10-3-2-4-10)11(15)12(7-13)8-16-9-12/h10H,2-6,8-9H2,1H3. The highest BCUT2D eigenvalue weighted by molar-refractivity contribution is 5.86. The number of hydrogen-bond donors (Lipinski definition) is 0. The summed E-state index contributed by atoms with van der Waals surface area (Å²) in [4.78, 5) is 13.7. The maximum absolute atomic E-state index is 12.0. The van der Waals surface area contributed by atoms with Gasteiger partial charge in [-0.1, -0.05) is 19.3 Å². The van der Waals surface area contributed by atoms with E-state index >= 15 is 0 Å². The van der Waals surface area contributed by atoms with Crippen molar-refractivity contribution in [3.8, 4) is 6.07 Å². The Labute approximate surface area is 96.2 Å². The van der Waals surface area contributed by atoms with Gasteiger partial charge in [0.05, 0.1) is 19.3 Å². The second-order valence-corrected chi connectivity index (χ2v) is 5.00. The van der Waals surface area contributed by atoms with E-state index in [-0.39, 0.29) is 19.1 Å². The van der Waals surface area contributed by atoms with Crippen LogP contribution in [0.15, 0.2) is 0 Å². The Balaban J connectivity index is 1.81. The summed E-state index contributed by atoms with van der Waals surface area (Å²) in [5.74, 6) is 0.728. The molecule has 4 nitrogen and oxygen atoms in total. The van der Waals surface area contributed by atoms with Gasteiger partial charge in [-0.15, -0.1) is 0 Å². The van der Waals surface area contributed by atoms with Crippen LogP contribution in [-0.4, -0.2) is 37.6 Å². The Bertz CT molecular complexity index is 313. The van der Waals surface area contributed by atoms with Gasteiger partial charge in [0.1, 0.15) is 0 Å². The predicted octanol–water partition coefficient (Wildman–Crippen LogP) is 1.18. The molecule has 0 radical (unpaired) electrons. The first kappa shape index (κ1) is 11.4.